The molecule has 0 amide bonds. The molecule has 0 saturated heterocycles. The molecule has 0 spiro atoms. The lowest BCUT2D eigenvalue weighted by atomic mass is 10.1. The summed E-state index contributed by atoms with van der Waals surface area (Å²) in [5.74, 6) is 1.67. The van der Waals surface area contributed by atoms with Crippen LogP contribution in [0.5, 0.6) is 17.2 Å². The summed E-state index contributed by atoms with van der Waals surface area (Å²) in [4.78, 5) is 4.29. The second-order valence-corrected chi connectivity index (χ2v) is 4.26. The van der Waals surface area contributed by atoms with Crippen LogP contribution in [0.1, 0.15) is 0 Å². The standard InChI is InChI=1S/C14H9NO3/c16-10-3-9-2-1-8-4-12-13(18-7-17-12)5-11(8)14(9)15-6-10/h1-6,16H,7H2. The Kier molecular flexibility index (Phi) is 1.73. The third kappa shape index (κ3) is 1.23. The van der Waals surface area contributed by atoms with Gasteiger partial charge >= 0.3 is 0 Å². The molecule has 4 rings (SSSR count). The molecule has 18 heavy (non-hydrogen) atoms. The smallest absolute Gasteiger partial charge is 0.231 e. The number of aromatic hydroxyl groups is 1. The second kappa shape index (κ2) is 3.26. The summed E-state index contributed by atoms with van der Waals surface area (Å²) in [7, 11) is 0. The van der Waals surface area contributed by atoms with Crippen LogP contribution in [0.2, 0.25) is 0 Å². The van der Waals surface area contributed by atoms with Crippen molar-refractivity contribution in [1.82, 2.24) is 4.98 Å². The lowest BCUT2D eigenvalue weighted by Gasteiger charge is -2.05. The van der Waals surface area contributed by atoms with Gasteiger partial charge in [0.15, 0.2) is 11.5 Å². The van der Waals surface area contributed by atoms with Gasteiger partial charge in [0.1, 0.15) is 5.75 Å². The van der Waals surface area contributed by atoms with Gasteiger partial charge in [-0.2, -0.15) is 0 Å². The second-order valence-electron chi connectivity index (χ2n) is 4.26. The number of rotatable bonds is 0. The van der Waals surface area contributed by atoms with Crippen LogP contribution in [-0.2, 0) is 0 Å². The first-order valence-corrected chi connectivity index (χ1v) is 5.62. The molecule has 88 valence electrons. The third-order valence-corrected chi connectivity index (χ3v) is 3.15. The zero-order valence-corrected chi connectivity index (χ0v) is 9.38. The number of fused-ring (bicyclic) bond motifs is 4. The number of hydrogen-bond acceptors (Lipinski definition) is 4. The van der Waals surface area contributed by atoms with E-state index in [4.69, 9.17) is 9.47 Å². The zero-order chi connectivity index (χ0) is 12.1. The van der Waals surface area contributed by atoms with E-state index < -0.39 is 0 Å². The molecule has 2 heterocycles. The van der Waals surface area contributed by atoms with Gasteiger partial charge in [-0.25, -0.2) is 0 Å². The molecule has 3 aromatic rings. The number of ether oxygens (including phenoxy) is 2. The Morgan fingerprint density at radius 2 is 1.78 bits per heavy atom. The summed E-state index contributed by atoms with van der Waals surface area (Å²) < 4.78 is 10.7. The average Bonchev–Trinajstić information content (AvgIpc) is 2.82. The first-order valence-electron chi connectivity index (χ1n) is 5.62. The van der Waals surface area contributed by atoms with Gasteiger partial charge in [0, 0.05) is 10.8 Å². The zero-order valence-electron chi connectivity index (χ0n) is 9.38. The van der Waals surface area contributed by atoms with Crippen molar-refractivity contribution in [2.75, 3.05) is 6.79 Å². The lowest BCUT2D eigenvalue weighted by Crippen LogP contribution is -1.92. The molecule has 4 heteroatoms. The number of benzene rings is 2. The third-order valence-electron chi connectivity index (χ3n) is 3.15. The van der Waals surface area contributed by atoms with E-state index in [0.29, 0.717) is 0 Å². The van der Waals surface area contributed by atoms with Crippen molar-refractivity contribution in [1.29, 1.82) is 0 Å². The monoisotopic (exact) mass is 239 g/mol. The molecule has 0 unspecified atom stereocenters. The predicted molar refractivity (Wildman–Crippen MR) is 67.0 cm³/mol. The quantitative estimate of drug-likeness (QED) is 0.613. The highest BCUT2D eigenvalue weighted by Gasteiger charge is 2.15. The van der Waals surface area contributed by atoms with Crippen molar-refractivity contribution in [3.8, 4) is 17.2 Å². The van der Waals surface area contributed by atoms with Crippen LogP contribution in [0.15, 0.2) is 36.5 Å². The van der Waals surface area contributed by atoms with Crippen molar-refractivity contribution < 1.29 is 14.6 Å². The number of aromatic nitrogens is 1. The minimum Gasteiger partial charge on any atom is -0.506 e. The van der Waals surface area contributed by atoms with Gasteiger partial charge < -0.3 is 14.6 Å². The summed E-state index contributed by atoms with van der Waals surface area (Å²) in [5.41, 5.74) is 0.851. The van der Waals surface area contributed by atoms with Crippen LogP contribution in [0.3, 0.4) is 0 Å². The van der Waals surface area contributed by atoms with Gasteiger partial charge in [0.2, 0.25) is 6.79 Å². The van der Waals surface area contributed by atoms with Gasteiger partial charge in [-0.3, -0.25) is 4.98 Å². The SMILES string of the molecule is Oc1cnc2c(ccc3cc4c(cc32)OCO4)c1. The summed E-state index contributed by atoms with van der Waals surface area (Å²) >= 11 is 0. The van der Waals surface area contributed by atoms with Crippen molar-refractivity contribution >= 4 is 21.7 Å². The van der Waals surface area contributed by atoms with Crippen LogP contribution in [0.25, 0.3) is 21.7 Å². The van der Waals surface area contributed by atoms with Crippen LogP contribution in [0, 0.1) is 0 Å². The van der Waals surface area contributed by atoms with Crippen LogP contribution in [-0.4, -0.2) is 16.9 Å². The summed E-state index contributed by atoms with van der Waals surface area (Å²) in [6, 6.07) is 9.51. The highest BCUT2D eigenvalue weighted by atomic mass is 16.7. The number of nitrogens with zero attached hydrogens (tertiary/aromatic N) is 1. The maximum Gasteiger partial charge on any atom is 0.231 e. The Labute approximate surface area is 102 Å². The van der Waals surface area contributed by atoms with Gasteiger partial charge in [0.05, 0.1) is 11.7 Å². The highest BCUT2D eigenvalue weighted by molar-refractivity contribution is 6.06. The van der Waals surface area contributed by atoms with E-state index in [2.05, 4.69) is 4.98 Å². The van der Waals surface area contributed by atoms with Crippen LogP contribution < -0.4 is 9.47 Å². The normalized spacial score (nSPS) is 13.3. The van der Waals surface area contributed by atoms with E-state index in [9.17, 15) is 5.11 Å². The van der Waals surface area contributed by atoms with Crippen molar-refractivity contribution in [2.45, 2.75) is 0 Å². The van der Waals surface area contributed by atoms with Gasteiger partial charge in [-0.1, -0.05) is 12.1 Å². The first-order chi connectivity index (χ1) is 8.81. The van der Waals surface area contributed by atoms with Crippen molar-refractivity contribution in [3.63, 3.8) is 0 Å². The first kappa shape index (κ1) is 9.53. The summed E-state index contributed by atoms with van der Waals surface area (Å²) in [6.07, 6.45) is 1.45. The molecule has 1 N–H and O–H groups in total. The average molecular weight is 239 g/mol. The molecular weight excluding hydrogens is 230 g/mol. The minimum absolute atomic E-state index is 0.169. The fourth-order valence-electron chi connectivity index (χ4n) is 2.30. The van der Waals surface area contributed by atoms with E-state index in [1.165, 1.54) is 6.20 Å². The molecular formula is C14H9NO3. The Morgan fingerprint density at radius 3 is 2.67 bits per heavy atom. The van der Waals surface area contributed by atoms with Crippen LogP contribution in [0.4, 0.5) is 0 Å². The van der Waals surface area contributed by atoms with Crippen molar-refractivity contribution in [2.24, 2.45) is 0 Å². The largest absolute Gasteiger partial charge is 0.506 e. The molecule has 0 radical (unpaired) electrons. The summed E-state index contributed by atoms with van der Waals surface area (Å²) in [5, 5.41) is 12.4. The Morgan fingerprint density at radius 1 is 1.00 bits per heavy atom. The van der Waals surface area contributed by atoms with Gasteiger partial charge in [-0.05, 0) is 23.6 Å². The lowest BCUT2D eigenvalue weighted by molar-refractivity contribution is 0.174. The molecule has 1 aliphatic rings. The molecule has 0 atom stereocenters. The van der Waals surface area contributed by atoms with Crippen LogP contribution >= 0.6 is 0 Å². The molecule has 1 aliphatic heterocycles. The molecule has 2 aromatic carbocycles. The Hall–Kier alpha value is -2.49. The molecule has 0 bridgehead atoms. The molecule has 1 aromatic heterocycles. The maximum atomic E-state index is 9.45. The van der Waals surface area contributed by atoms with E-state index in [-0.39, 0.29) is 12.5 Å². The molecule has 0 aliphatic carbocycles. The van der Waals surface area contributed by atoms with Gasteiger partial charge in [-0.15, -0.1) is 0 Å². The van der Waals surface area contributed by atoms with E-state index in [1.54, 1.807) is 6.07 Å². The van der Waals surface area contributed by atoms with Gasteiger partial charge in [0.25, 0.3) is 0 Å². The van der Waals surface area contributed by atoms with E-state index in [0.717, 1.165) is 33.2 Å². The minimum atomic E-state index is 0.169. The molecule has 0 saturated carbocycles. The Balaban J connectivity index is 2.15. The number of pyridine rings is 1. The number of hydrogen-bond donors (Lipinski definition) is 1. The predicted octanol–water partition coefficient (Wildman–Crippen LogP) is 2.82. The van der Waals surface area contributed by atoms with E-state index in [1.807, 2.05) is 24.3 Å². The summed E-state index contributed by atoms with van der Waals surface area (Å²) in [6.45, 7) is 0.262. The fraction of sp³-hybridized carbons (Fsp3) is 0.0714. The maximum absolute atomic E-state index is 9.45. The fourth-order valence-corrected chi connectivity index (χ4v) is 2.30. The topological polar surface area (TPSA) is 51.6 Å². The molecule has 4 nitrogen and oxygen atoms in total. The van der Waals surface area contributed by atoms with E-state index >= 15 is 0 Å². The van der Waals surface area contributed by atoms with Crippen molar-refractivity contribution in [3.05, 3.63) is 36.5 Å². The molecule has 0 fully saturated rings. The Bertz CT molecular complexity index is 783. The highest BCUT2D eigenvalue weighted by Crippen LogP contribution is 2.38.